The Bertz CT molecular complexity index is 286. The van der Waals surface area contributed by atoms with Crippen LogP contribution in [0, 0.1) is 17.8 Å². The fourth-order valence-electron chi connectivity index (χ4n) is 3.91. The van der Waals surface area contributed by atoms with Gasteiger partial charge in [-0.05, 0) is 25.2 Å². The molecule has 0 amide bonds. The molecule has 3 unspecified atom stereocenters. The second-order valence-corrected chi connectivity index (χ2v) is 5.90. The molecule has 0 aromatic carbocycles. The minimum absolute atomic E-state index is 0.334. The van der Waals surface area contributed by atoms with Gasteiger partial charge in [0, 0.05) is 31.5 Å². The summed E-state index contributed by atoms with van der Waals surface area (Å²) in [5.41, 5.74) is 0. The van der Waals surface area contributed by atoms with E-state index < -0.39 is 0 Å². The second-order valence-electron chi connectivity index (χ2n) is 5.90. The minimum atomic E-state index is 0.334. The van der Waals surface area contributed by atoms with Crippen molar-refractivity contribution in [2.45, 2.75) is 32.1 Å². The summed E-state index contributed by atoms with van der Waals surface area (Å²) in [6, 6.07) is 0. The maximum atomic E-state index is 12.4. The van der Waals surface area contributed by atoms with Gasteiger partial charge in [0.2, 0.25) is 0 Å². The number of carbonyl (C=O) groups is 1. The zero-order chi connectivity index (χ0) is 11.7. The molecule has 3 fully saturated rings. The first-order valence-electron chi connectivity index (χ1n) is 7.18. The summed E-state index contributed by atoms with van der Waals surface area (Å²) < 4.78 is 5.36. The average molecular weight is 237 g/mol. The summed E-state index contributed by atoms with van der Waals surface area (Å²) in [6.07, 6.45) is 6.26. The van der Waals surface area contributed by atoms with Crippen LogP contribution in [-0.2, 0) is 9.53 Å². The molecular weight excluding hydrogens is 214 g/mol. The summed E-state index contributed by atoms with van der Waals surface area (Å²) in [7, 11) is 0. The lowest BCUT2D eigenvalue weighted by Crippen LogP contribution is -2.40. The van der Waals surface area contributed by atoms with Crippen LogP contribution in [0.3, 0.4) is 0 Å². The first kappa shape index (κ1) is 11.7. The van der Waals surface area contributed by atoms with Crippen LogP contribution in [0.2, 0.25) is 0 Å². The highest BCUT2D eigenvalue weighted by atomic mass is 16.5. The van der Waals surface area contributed by atoms with Crippen LogP contribution in [0.4, 0.5) is 0 Å². The van der Waals surface area contributed by atoms with Gasteiger partial charge < -0.3 is 4.74 Å². The van der Waals surface area contributed by atoms with Crippen LogP contribution < -0.4 is 0 Å². The van der Waals surface area contributed by atoms with Crippen molar-refractivity contribution >= 4 is 5.78 Å². The van der Waals surface area contributed by atoms with Crippen LogP contribution in [0.5, 0.6) is 0 Å². The molecule has 0 spiro atoms. The molecule has 2 saturated carbocycles. The Hall–Kier alpha value is -0.410. The monoisotopic (exact) mass is 237 g/mol. The molecule has 0 N–H and O–H groups in total. The summed E-state index contributed by atoms with van der Waals surface area (Å²) in [4.78, 5) is 14.8. The molecule has 1 heterocycles. The highest BCUT2D eigenvalue weighted by molar-refractivity contribution is 5.86. The normalized spacial score (nSPS) is 39.3. The van der Waals surface area contributed by atoms with E-state index in [1.165, 1.54) is 32.1 Å². The van der Waals surface area contributed by atoms with Crippen molar-refractivity contribution in [2.24, 2.45) is 17.8 Å². The van der Waals surface area contributed by atoms with Gasteiger partial charge in [0.05, 0.1) is 13.2 Å². The van der Waals surface area contributed by atoms with Gasteiger partial charge in [-0.2, -0.15) is 0 Å². The first-order valence-corrected chi connectivity index (χ1v) is 7.18. The third-order valence-electron chi connectivity index (χ3n) is 4.85. The molecule has 3 heteroatoms. The Morgan fingerprint density at radius 3 is 2.71 bits per heavy atom. The summed E-state index contributed by atoms with van der Waals surface area (Å²) in [5.74, 6) is 2.07. The lowest BCUT2D eigenvalue weighted by molar-refractivity contribution is -0.125. The number of ketones is 1. The van der Waals surface area contributed by atoms with Crippen molar-refractivity contribution < 1.29 is 9.53 Å². The van der Waals surface area contributed by atoms with Crippen LogP contribution in [0.1, 0.15) is 32.1 Å². The molecule has 0 bridgehead atoms. The quantitative estimate of drug-likeness (QED) is 0.732. The SMILES string of the molecule is O=C1C(CN2CCOCC2)CC2CCCCC12. The first-order chi connectivity index (χ1) is 8.34. The van der Waals surface area contributed by atoms with Crippen molar-refractivity contribution in [3.05, 3.63) is 0 Å². The van der Waals surface area contributed by atoms with Gasteiger partial charge in [-0.25, -0.2) is 0 Å². The lowest BCUT2D eigenvalue weighted by Gasteiger charge is -2.28. The number of ether oxygens (including phenoxy) is 1. The largest absolute Gasteiger partial charge is 0.379 e. The van der Waals surface area contributed by atoms with Crippen LogP contribution in [0.15, 0.2) is 0 Å². The van der Waals surface area contributed by atoms with Gasteiger partial charge >= 0.3 is 0 Å². The Kier molecular flexibility index (Phi) is 3.48. The maximum Gasteiger partial charge on any atom is 0.140 e. The Morgan fingerprint density at radius 1 is 1.18 bits per heavy atom. The summed E-state index contributed by atoms with van der Waals surface area (Å²) in [5, 5.41) is 0. The number of Topliss-reactive ketones (excluding diaryl/α,β-unsaturated/α-hetero) is 1. The van der Waals surface area contributed by atoms with Crippen LogP contribution in [-0.4, -0.2) is 43.5 Å². The van der Waals surface area contributed by atoms with E-state index in [0.29, 0.717) is 17.6 Å². The van der Waals surface area contributed by atoms with E-state index in [9.17, 15) is 4.79 Å². The highest BCUT2D eigenvalue weighted by Crippen LogP contribution is 2.42. The highest BCUT2D eigenvalue weighted by Gasteiger charge is 2.43. The van der Waals surface area contributed by atoms with Crippen molar-refractivity contribution in [3.63, 3.8) is 0 Å². The van der Waals surface area contributed by atoms with Gasteiger partial charge in [0.1, 0.15) is 5.78 Å². The number of rotatable bonds is 2. The van der Waals surface area contributed by atoms with Gasteiger partial charge in [-0.3, -0.25) is 9.69 Å². The summed E-state index contributed by atoms with van der Waals surface area (Å²) >= 11 is 0. The van der Waals surface area contributed by atoms with Crippen molar-refractivity contribution in [2.75, 3.05) is 32.8 Å². The van der Waals surface area contributed by atoms with Gasteiger partial charge in [-0.1, -0.05) is 12.8 Å². The molecule has 3 nitrogen and oxygen atoms in total. The standard InChI is InChI=1S/C14H23NO2/c16-14-12(10-15-5-7-17-8-6-15)9-11-3-1-2-4-13(11)14/h11-13H,1-10H2. The minimum Gasteiger partial charge on any atom is -0.379 e. The lowest BCUT2D eigenvalue weighted by atomic mass is 9.81. The molecule has 17 heavy (non-hydrogen) atoms. The fraction of sp³-hybridized carbons (Fsp3) is 0.929. The van der Waals surface area contributed by atoms with Gasteiger partial charge in [0.15, 0.2) is 0 Å². The van der Waals surface area contributed by atoms with Gasteiger partial charge in [0.25, 0.3) is 0 Å². The molecule has 2 aliphatic carbocycles. The molecular formula is C14H23NO2. The smallest absolute Gasteiger partial charge is 0.140 e. The fourth-order valence-corrected chi connectivity index (χ4v) is 3.91. The van der Waals surface area contributed by atoms with E-state index in [4.69, 9.17) is 4.74 Å². The van der Waals surface area contributed by atoms with Crippen LogP contribution >= 0.6 is 0 Å². The third-order valence-corrected chi connectivity index (χ3v) is 4.85. The Morgan fingerprint density at radius 2 is 1.94 bits per heavy atom. The molecule has 3 atom stereocenters. The van der Waals surface area contributed by atoms with E-state index in [-0.39, 0.29) is 0 Å². The number of carbonyl (C=O) groups excluding carboxylic acids is 1. The molecule has 96 valence electrons. The number of fused-ring (bicyclic) bond motifs is 1. The number of morpholine rings is 1. The topological polar surface area (TPSA) is 29.5 Å². The van der Waals surface area contributed by atoms with E-state index in [1.807, 2.05) is 0 Å². The van der Waals surface area contributed by atoms with E-state index in [0.717, 1.165) is 38.8 Å². The second kappa shape index (κ2) is 5.07. The zero-order valence-corrected chi connectivity index (χ0v) is 10.6. The van der Waals surface area contributed by atoms with E-state index >= 15 is 0 Å². The van der Waals surface area contributed by atoms with Crippen molar-refractivity contribution in [1.29, 1.82) is 0 Å². The van der Waals surface area contributed by atoms with Crippen molar-refractivity contribution in [3.8, 4) is 0 Å². The molecule has 3 aliphatic rings. The van der Waals surface area contributed by atoms with Gasteiger partial charge in [-0.15, -0.1) is 0 Å². The predicted octanol–water partition coefficient (Wildman–Crippen LogP) is 1.71. The van der Waals surface area contributed by atoms with E-state index in [1.54, 1.807) is 0 Å². The molecule has 3 rings (SSSR count). The molecule has 0 radical (unpaired) electrons. The predicted molar refractivity (Wildman–Crippen MR) is 65.8 cm³/mol. The Labute approximate surface area is 104 Å². The number of hydrogen-bond acceptors (Lipinski definition) is 3. The number of hydrogen-bond donors (Lipinski definition) is 0. The Balaban J connectivity index is 1.58. The van der Waals surface area contributed by atoms with E-state index in [2.05, 4.69) is 4.90 Å². The van der Waals surface area contributed by atoms with Crippen molar-refractivity contribution in [1.82, 2.24) is 4.90 Å². The molecule has 0 aromatic heterocycles. The molecule has 1 aliphatic heterocycles. The molecule has 1 saturated heterocycles. The zero-order valence-electron chi connectivity index (χ0n) is 10.6. The average Bonchev–Trinajstić information content (AvgIpc) is 2.68. The van der Waals surface area contributed by atoms with Crippen LogP contribution in [0.25, 0.3) is 0 Å². The molecule has 0 aromatic rings. The maximum absolute atomic E-state index is 12.4. The number of nitrogens with zero attached hydrogens (tertiary/aromatic N) is 1. The third kappa shape index (κ3) is 2.41. The summed E-state index contributed by atoms with van der Waals surface area (Å²) in [6.45, 7) is 4.70.